The largest absolute Gasteiger partial charge is 0.497 e. The van der Waals surface area contributed by atoms with Crippen LogP contribution in [0.25, 0.3) is 6.08 Å². The minimum atomic E-state index is 0.0788. The second-order valence-electron chi connectivity index (χ2n) is 7.13. The second kappa shape index (κ2) is 9.08. The Morgan fingerprint density at radius 2 is 1.58 bits per heavy atom. The lowest BCUT2D eigenvalue weighted by Crippen LogP contribution is -2.52. The SMILES string of the molecule is COc1cc(C=CC(=O)N2CCN(C3CCCCC3)CC2)cc(OC)c1. The fourth-order valence-corrected chi connectivity index (χ4v) is 3.95. The van der Waals surface area contributed by atoms with Crippen LogP contribution in [0.5, 0.6) is 11.5 Å². The first-order valence-electron chi connectivity index (χ1n) is 9.63. The van der Waals surface area contributed by atoms with E-state index < -0.39 is 0 Å². The molecule has 1 saturated carbocycles. The number of benzene rings is 1. The molecule has 5 heteroatoms. The molecule has 3 rings (SSSR count). The number of hydrogen-bond donors (Lipinski definition) is 0. The van der Waals surface area contributed by atoms with Crippen LogP contribution in [0.15, 0.2) is 24.3 Å². The maximum absolute atomic E-state index is 12.5. The first kappa shape index (κ1) is 18.8. The number of rotatable bonds is 5. The highest BCUT2D eigenvalue weighted by molar-refractivity contribution is 5.92. The van der Waals surface area contributed by atoms with E-state index in [0.29, 0.717) is 0 Å². The molecule has 1 amide bonds. The topological polar surface area (TPSA) is 42.0 Å². The number of piperazine rings is 1. The zero-order valence-electron chi connectivity index (χ0n) is 15.9. The predicted molar refractivity (Wildman–Crippen MR) is 104 cm³/mol. The van der Waals surface area contributed by atoms with Gasteiger partial charge in [0.15, 0.2) is 0 Å². The zero-order valence-corrected chi connectivity index (χ0v) is 15.9. The molecule has 0 spiro atoms. The van der Waals surface area contributed by atoms with E-state index in [-0.39, 0.29) is 5.91 Å². The van der Waals surface area contributed by atoms with Gasteiger partial charge in [0.25, 0.3) is 0 Å². The van der Waals surface area contributed by atoms with E-state index in [1.54, 1.807) is 20.3 Å². The molecule has 1 aromatic carbocycles. The van der Waals surface area contributed by atoms with Crippen molar-refractivity contribution in [3.05, 3.63) is 29.8 Å². The first-order valence-corrected chi connectivity index (χ1v) is 9.63. The van der Waals surface area contributed by atoms with Gasteiger partial charge >= 0.3 is 0 Å². The van der Waals surface area contributed by atoms with E-state index >= 15 is 0 Å². The first-order chi connectivity index (χ1) is 12.7. The fraction of sp³-hybridized carbons (Fsp3) is 0.571. The molecule has 1 aromatic rings. The summed E-state index contributed by atoms with van der Waals surface area (Å²) in [4.78, 5) is 17.1. The molecule has 1 heterocycles. The maximum Gasteiger partial charge on any atom is 0.246 e. The van der Waals surface area contributed by atoms with Crippen molar-refractivity contribution in [2.75, 3.05) is 40.4 Å². The normalized spacial score (nSPS) is 19.7. The Bertz CT molecular complexity index is 608. The van der Waals surface area contributed by atoms with Gasteiger partial charge in [0.05, 0.1) is 14.2 Å². The molecule has 2 aliphatic rings. The van der Waals surface area contributed by atoms with Crippen LogP contribution in [-0.4, -0.2) is 62.1 Å². The van der Waals surface area contributed by atoms with Crippen LogP contribution in [0.4, 0.5) is 0 Å². The lowest BCUT2D eigenvalue weighted by atomic mass is 9.94. The Morgan fingerprint density at radius 3 is 2.15 bits per heavy atom. The molecular weight excluding hydrogens is 328 g/mol. The summed E-state index contributed by atoms with van der Waals surface area (Å²) >= 11 is 0. The van der Waals surface area contributed by atoms with E-state index in [1.165, 1.54) is 32.1 Å². The number of hydrogen-bond acceptors (Lipinski definition) is 4. The molecule has 2 fully saturated rings. The van der Waals surface area contributed by atoms with Crippen LogP contribution < -0.4 is 9.47 Å². The average Bonchev–Trinajstić information content (AvgIpc) is 2.72. The van der Waals surface area contributed by atoms with Crippen molar-refractivity contribution in [1.82, 2.24) is 9.80 Å². The molecule has 0 N–H and O–H groups in total. The van der Waals surface area contributed by atoms with Gasteiger partial charge in [-0.25, -0.2) is 0 Å². The van der Waals surface area contributed by atoms with Gasteiger partial charge in [0.1, 0.15) is 11.5 Å². The second-order valence-corrected chi connectivity index (χ2v) is 7.13. The number of carbonyl (C=O) groups excluding carboxylic acids is 1. The molecule has 1 aliphatic carbocycles. The third-order valence-electron chi connectivity index (χ3n) is 5.51. The molecule has 0 radical (unpaired) electrons. The molecular formula is C21H30N2O3. The van der Waals surface area contributed by atoms with Crippen LogP contribution >= 0.6 is 0 Å². The van der Waals surface area contributed by atoms with Crippen LogP contribution in [-0.2, 0) is 4.79 Å². The molecule has 1 saturated heterocycles. The summed E-state index contributed by atoms with van der Waals surface area (Å²) in [7, 11) is 3.25. The van der Waals surface area contributed by atoms with Crippen molar-refractivity contribution in [3.8, 4) is 11.5 Å². The van der Waals surface area contributed by atoms with Crippen molar-refractivity contribution >= 4 is 12.0 Å². The fourth-order valence-electron chi connectivity index (χ4n) is 3.95. The summed E-state index contributed by atoms with van der Waals surface area (Å²) in [5.74, 6) is 1.52. The van der Waals surface area contributed by atoms with E-state index in [0.717, 1.165) is 49.3 Å². The molecule has 1 aliphatic heterocycles. The van der Waals surface area contributed by atoms with Crippen molar-refractivity contribution in [1.29, 1.82) is 0 Å². The molecule has 0 bridgehead atoms. The van der Waals surface area contributed by atoms with Crippen LogP contribution in [0, 0.1) is 0 Å². The van der Waals surface area contributed by atoms with Crippen LogP contribution in [0.1, 0.15) is 37.7 Å². The van der Waals surface area contributed by atoms with Gasteiger partial charge in [0.2, 0.25) is 5.91 Å². The van der Waals surface area contributed by atoms with Gasteiger partial charge in [-0.15, -0.1) is 0 Å². The van der Waals surface area contributed by atoms with Crippen molar-refractivity contribution in [2.45, 2.75) is 38.1 Å². The molecule has 142 valence electrons. The molecule has 0 atom stereocenters. The predicted octanol–water partition coefficient (Wildman–Crippen LogP) is 3.19. The molecule has 26 heavy (non-hydrogen) atoms. The highest BCUT2D eigenvalue weighted by Crippen LogP contribution is 2.24. The number of carbonyl (C=O) groups is 1. The van der Waals surface area contributed by atoms with Crippen molar-refractivity contribution < 1.29 is 14.3 Å². The third-order valence-corrected chi connectivity index (χ3v) is 5.51. The smallest absolute Gasteiger partial charge is 0.246 e. The summed E-state index contributed by atoms with van der Waals surface area (Å²) < 4.78 is 10.6. The summed E-state index contributed by atoms with van der Waals surface area (Å²) in [5.41, 5.74) is 0.899. The zero-order chi connectivity index (χ0) is 18.4. The quantitative estimate of drug-likeness (QED) is 0.758. The van der Waals surface area contributed by atoms with E-state index in [4.69, 9.17) is 9.47 Å². The van der Waals surface area contributed by atoms with Crippen LogP contribution in [0.3, 0.4) is 0 Å². The summed E-state index contributed by atoms with van der Waals surface area (Å²) in [6.07, 6.45) is 10.2. The summed E-state index contributed by atoms with van der Waals surface area (Å²) in [5, 5.41) is 0. The summed E-state index contributed by atoms with van der Waals surface area (Å²) in [6.45, 7) is 3.64. The summed E-state index contributed by atoms with van der Waals surface area (Å²) in [6, 6.07) is 6.35. The van der Waals surface area contributed by atoms with E-state index in [2.05, 4.69) is 4.90 Å². The Labute approximate surface area is 156 Å². The minimum absolute atomic E-state index is 0.0788. The van der Waals surface area contributed by atoms with E-state index in [9.17, 15) is 4.79 Å². The lowest BCUT2D eigenvalue weighted by Gasteiger charge is -2.40. The third kappa shape index (κ3) is 4.79. The number of amides is 1. The monoisotopic (exact) mass is 358 g/mol. The van der Waals surface area contributed by atoms with E-state index in [1.807, 2.05) is 29.2 Å². The maximum atomic E-state index is 12.5. The van der Waals surface area contributed by atoms with Crippen LogP contribution in [0.2, 0.25) is 0 Å². The Morgan fingerprint density at radius 1 is 0.962 bits per heavy atom. The molecule has 0 unspecified atom stereocenters. The number of ether oxygens (including phenoxy) is 2. The number of methoxy groups -OCH3 is 2. The van der Waals surface area contributed by atoms with Gasteiger partial charge in [0, 0.05) is 44.4 Å². The standard InChI is InChI=1S/C21H30N2O3/c1-25-19-14-17(15-20(16-19)26-2)8-9-21(24)23-12-10-22(11-13-23)18-6-4-3-5-7-18/h8-9,14-16,18H,3-7,10-13H2,1-2H3. The van der Waals surface area contributed by atoms with Gasteiger partial charge in [-0.05, 0) is 36.6 Å². The minimum Gasteiger partial charge on any atom is -0.497 e. The van der Waals surface area contributed by atoms with Gasteiger partial charge < -0.3 is 14.4 Å². The lowest BCUT2D eigenvalue weighted by molar-refractivity contribution is -0.128. The highest BCUT2D eigenvalue weighted by Gasteiger charge is 2.26. The Balaban J connectivity index is 1.54. The molecule has 5 nitrogen and oxygen atoms in total. The average molecular weight is 358 g/mol. The number of nitrogens with zero attached hydrogens (tertiary/aromatic N) is 2. The molecule has 0 aromatic heterocycles. The van der Waals surface area contributed by atoms with Crippen molar-refractivity contribution in [3.63, 3.8) is 0 Å². The Kier molecular flexibility index (Phi) is 6.56. The van der Waals surface area contributed by atoms with Crippen molar-refractivity contribution in [2.24, 2.45) is 0 Å². The van der Waals surface area contributed by atoms with Gasteiger partial charge in [-0.2, -0.15) is 0 Å². The van der Waals surface area contributed by atoms with Gasteiger partial charge in [-0.3, -0.25) is 9.69 Å². The van der Waals surface area contributed by atoms with Gasteiger partial charge in [-0.1, -0.05) is 19.3 Å². The highest BCUT2D eigenvalue weighted by atomic mass is 16.5. The Hall–Kier alpha value is -2.01.